The van der Waals surface area contributed by atoms with Crippen molar-refractivity contribution in [1.82, 2.24) is 5.32 Å². The predicted octanol–water partition coefficient (Wildman–Crippen LogP) is 1.42. The van der Waals surface area contributed by atoms with Crippen LogP contribution in [0.4, 0.5) is 0 Å². The molecule has 1 amide bonds. The number of amides is 1. The summed E-state index contributed by atoms with van der Waals surface area (Å²) in [4.78, 5) is 11.7. The molecule has 2 aliphatic rings. The number of nitrogens with two attached hydrogens (primary N) is 1. The summed E-state index contributed by atoms with van der Waals surface area (Å²) < 4.78 is 0. The van der Waals surface area contributed by atoms with Crippen LogP contribution in [0.1, 0.15) is 44.9 Å². The third-order valence-corrected chi connectivity index (χ3v) is 3.63. The van der Waals surface area contributed by atoms with Gasteiger partial charge in [-0.1, -0.05) is 12.8 Å². The molecule has 0 aliphatic heterocycles. The summed E-state index contributed by atoms with van der Waals surface area (Å²) in [6.45, 7) is 0.862. The lowest BCUT2D eigenvalue weighted by Crippen LogP contribution is -2.31. The number of hydrogen-bond acceptors (Lipinski definition) is 2. The van der Waals surface area contributed by atoms with Crippen molar-refractivity contribution in [3.8, 4) is 0 Å². The van der Waals surface area contributed by atoms with Crippen LogP contribution in [-0.4, -0.2) is 18.5 Å². The summed E-state index contributed by atoms with van der Waals surface area (Å²) in [6.07, 6.45) is 8.14. The van der Waals surface area contributed by atoms with Crippen molar-refractivity contribution < 1.29 is 4.79 Å². The number of carbonyl (C=O) groups is 1. The third kappa shape index (κ3) is 3.49. The molecule has 0 aromatic carbocycles. The Labute approximate surface area is 91.8 Å². The summed E-state index contributed by atoms with van der Waals surface area (Å²) in [5, 5.41) is 3.03. The van der Waals surface area contributed by atoms with Crippen molar-refractivity contribution in [1.29, 1.82) is 0 Å². The van der Waals surface area contributed by atoms with Gasteiger partial charge in [0.15, 0.2) is 0 Å². The second-order valence-corrected chi connectivity index (χ2v) is 5.15. The van der Waals surface area contributed by atoms with Crippen LogP contribution in [0.25, 0.3) is 0 Å². The first-order chi connectivity index (χ1) is 7.25. The Kier molecular flexibility index (Phi) is 3.62. The zero-order valence-electron chi connectivity index (χ0n) is 9.37. The van der Waals surface area contributed by atoms with Crippen molar-refractivity contribution in [2.75, 3.05) is 6.54 Å². The van der Waals surface area contributed by atoms with E-state index in [4.69, 9.17) is 5.73 Å². The molecule has 0 spiro atoms. The maximum atomic E-state index is 11.7. The standard InChI is InChI=1S/C12H22N2O/c13-11-6-5-10(8-11)12(15)14-7-1-2-9-3-4-9/h9-11H,1-8,13H2,(H,14,15). The molecule has 0 aromatic heterocycles. The van der Waals surface area contributed by atoms with Gasteiger partial charge in [-0.25, -0.2) is 0 Å². The fraction of sp³-hybridized carbons (Fsp3) is 0.917. The maximum absolute atomic E-state index is 11.7. The monoisotopic (exact) mass is 210 g/mol. The van der Waals surface area contributed by atoms with E-state index in [-0.39, 0.29) is 17.9 Å². The van der Waals surface area contributed by atoms with E-state index in [1.807, 2.05) is 0 Å². The van der Waals surface area contributed by atoms with Gasteiger partial charge in [-0.3, -0.25) is 4.79 Å². The van der Waals surface area contributed by atoms with Crippen molar-refractivity contribution in [3.05, 3.63) is 0 Å². The molecule has 2 aliphatic carbocycles. The van der Waals surface area contributed by atoms with E-state index in [9.17, 15) is 4.79 Å². The third-order valence-electron chi connectivity index (χ3n) is 3.63. The normalized spacial score (nSPS) is 30.5. The molecule has 2 unspecified atom stereocenters. The number of hydrogen-bond donors (Lipinski definition) is 2. The van der Waals surface area contributed by atoms with Gasteiger partial charge in [0, 0.05) is 18.5 Å². The van der Waals surface area contributed by atoms with E-state index in [1.165, 1.54) is 19.3 Å². The van der Waals surface area contributed by atoms with E-state index in [0.29, 0.717) is 0 Å². The van der Waals surface area contributed by atoms with Crippen molar-refractivity contribution in [2.24, 2.45) is 17.6 Å². The first kappa shape index (κ1) is 10.9. The highest BCUT2D eigenvalue weighted by Crippen LogP contribution is 2.33. The van der Waals surface area contributed by atoms with Gasteiger partial charge in [0.2, 0.25) is 5.91 Å². The Morgan fingerprint density at radius 2 is 2.07 bits per heavy atom. The molecule has 0 bridgehead atoms. The second kappa shape index (κ2) is 4.97. The van der Waals surface area contributed by atoms with Gasteiger partial charge < -0.3 is 11.1 Å². The van der Waals surface area contributed by atoms with Crippen LogP contribution < -0.4 is 11.1 Å². The van der Waals surface area contributed by atoms with Crippen molar-refractivity contribution >= 4 is 5.91 Å². The van der Waals surface area contributed by atoms with Gasteiger partial charge in [0.05, 0.1) is 0 Å². The number of nitrogens with one attached hydrogen (secondary N) is 1. The second-order valence-electron chi connectivity index (χ2n) is 5.15. The average molecular weight is 210 g/mol. The predicted molar refractivity (Wildman–Crippen MR) is 60.3 cm³/mol. The van der Waals surface area contributed by atoms with Crippen LogP contribution in [0.15, 0.2) is 0 Å². The molecule has 0 aromatic rings. The molecule has 0 heterocycles. The number of rotatable bonds is 5. The minimum absolute atomic E-state index is 0.195. The topological polar surface area (TPSA) is 55.1 Å². The zero-order chi connectivity index (χ0) is 10.7. The summed E-state index contributed by atoms with van der Waals surface area (Å²) in [7, 11) is 0. The summed E-state index contributed by atoms with van der Waals surface area (Å²) in [5.41, 5.74) is 5.79. The fourth-order valence-corrected chi connectivity index (χ4v) is 2.41. The van der Waals surface area contributed by atoms with Gasteiger partial charge in [-0.05, 0) is 38.0 Å². The van der Waals surface area contributed by atoms with E-state index in [0.717, 1.165) is 38.1 Å². The van der Waals surface area contributed by atoms with Crippen LogP contribution in [0.5, 0.6) is 0 Å². The molecule has 2 rings (SSSR count). The summed E-state index contributed by atoms with van der Waals surface area (Å²) in [5.74, 6) is 1.40. The SMILES string of the molecule is NC1CCC(C(=O)NCCCC2CC2)C1. The molecule has 3 nitrogen and oxygen atoms in total. The highest BCUT2D eigenvalue weighted by atomic mass is 16.1. The summed E-state index contributed by atoms with van der Waals surface area (Å²) >= 11 is 0. The lowest BCUT2D eigenvalue weighted by Gasteiger charge is -2.10. The molecule has 2 saturated carbocycles. The largest absolute Gasteiger partial charge is 0.356 e. The maximum Gasteiger partial charge on any atom is 0.223 e. The Balaban J connectivity index is 1.55. The molecule has 15 heavy (non-hydrogen) atoms. The minimum atomic E-state index is 0.195. The molecule has 2 fully saturated rings. The lowest BCUT2D eigenvalue weighted by atomic mass is 10.1. The van der Waals surface area contributed by atoms with Gasteiger partial charge in [0.25, 0.3) is 0 Å². The average Bonchev–Trinajstić information content (AvgIpc) is 2.94. The van der Waals surface area contributed by atoms with Crippen LogP contribution in [0.2, 0.25) is 0 Å². The Morgan fingerprint density at radius 3 is 2.67 bits per heavy atom. The van der Waals surface area contributed by atoms with E-state index in [1.54, 1.807) is 0 Å². The smallest absolute Gasteiger partial charge is 0.223 e. The Hall–Kier alpha value is -0.570. The first-order valence-corrected chi connectivity index (χ1v) is 6.29. The first-order valence-electron chi connectivity index (χ1n) is 6.29. The Morgan fingerprint density at radius 1 is 1.27 bits per heavy atom. The molecule has 2 atom stereocenters. The molecular formula is C12H22N2O. The van der Waals surface area contributed by atoms with Gasteiger partial charge in [-0.15, -0.1) is 0 Å². The van der Waals surface area contributed by atoms with Gasteiger partial charge in [0.1, 0.15) is 0 Å². The van der Waals surface area contributed by atoms with E-state index >= 15 is 0 Å². The van der Waals surface area contributed by atoms with Crippen LogP contribution in [-0.2, 0) is 4.79 Å². The molecule has 0 saturated heterocycles. The van der Waals surface area contributed by atoms with E-state index < -0.39 is 0 Å². The molecule has 3 N–H and O–H groups in total. The summed E-state index contributed by atoms with van der Waals surface area (Å²) in [6, 6.07) is 0.257. The quantitative estimate of drug-likeness (QED) is 0.674. The minimum Gasteiger partial charge on any atom is -0.356 e. The van der Waals surface area contributed by atoms with Crippen molar-refractivity contribution in [3.63, 3.8) is 0 Å². The van der Waals surface area contributed by atoms with Gasteiger partial charge >= 0.3 is 0 Å². The molecular weight excluding hydrogens is 188 g/mol. The zero-order valence-corrected chi connectivity index (χ0v) is 9.37. The van der Waals surface area contributed by atoms with Crippen LogP contribution in [0, 0.1) is 11.8 Å². The van der Waals surface area contributed by atoms with E-state index in [2.05, 4.69) is 5.32 Å². The van der Waals surface area contributed by atoms with Crippen molar-refractivity contribution in [2.45, 2.75) is 51.0 Å². The van der Waals surface area contributed by atoms with Crippen LogP contribution in [0.3, 0.4) is 0 Å². The van der Waals surface area contributed by atoms with Gasteiger partial charge in [-0.2, -0.15) is 0 Å². The highest BCUT2D eigenvalue weighted by molar-refractivity contribution is 5.78. The molecule has 86 valence electrons. The highest BCUT2D eigenvalue weighted by Gasteiger charge is 2.27. The molecule has 3 heteroatoms. The Bertz CT molecular complexity index is 226. The number of carbonyl (C=O) groups excluding carboxylic acids is 1. The fourth-order valence-electron chi connectivity index (χ4n) is 2.41. The molecule has 0 radical (unpaired) electrons. The van der Waals surface area contributed by atoms with Crippen LogP contribution >= 0.6 is 0 Å². The lowest BCUT2D eigenvalue weighted by molar-refractivity contribution is -0.124.